The van der Waals surface area contributed by atoms with E-state index >= 15 is 0 Å². The Morgan fingerprint density at radius 3 is 2.75 bits per heavy atom. The molecule has 6 heteroatoms. The van der Waals surface area contributed by atoms with Gasteiger partial charge in [-0.2, -0.15) is 5.10 Å². The van der Waals surface area contributed by atoms with Gasteiger partial charge in [-0.1, -0.05) is 44.2 Å². The van der Waals surface area contributed by atoms with Gasteiger partial charge in [0.15, 0.2) is 5.82 Å². The van der Waals surface area contributed by atoms with Gasteiger partial charge in [0.25, 0.3) is 0 Å². The number of rotatable bonds is 6. The molecule has 24 heavy (non-hydrogen) atoms. The Morgan fingerprint density at radius 2 is 2.04 bits per heavy atom. The van der Waals surface area contributed by atoms with Crippen molar-refractivity contribution in [2.75, 3.05) is 18.5 Å². The predicted octanol–water partition coefficient (Wildman–Crippen LogP) is 3.71. The number of aliphatic hydroxyl groups is 1. The first-order chi connectivity index (χ1) is 11.5. The molecule has 1 unspecified atom stereocenters. The molecule has 2 heterocycles. The minimum absolute atomic E-state index is 0.113. The molecule has 5 nitrogen and oxygen atoms in total. The second-order valence-corrected chi connectivity index (χ2v) is 7.41. The van der Waals surface area contributed by atoms with Crippen molar-refractivity contribution in [3.8, 4) is 0 Å². The summed E-state index contributed by atoms with van der Waals surface area (Å²) >= 11 is 3.52. The molecule has 0 amide bonds. The van der Waals surface area contributed by atoms with Crippen LogP contribution in [0.1, 0.15) is 25.3 Å². The minimum atomic E-state index is -0.253. The van der Waals surface area contributed by atoms with Gasteiger partial charge in [-0.3, -0.25) is 0 Å². The summed E-state index contributed by atoms with van der Waals surface area (Å²) < 4.78 is 2.68. The standard InChI is InChI=1S/C18H21BrN4O/c1-18(2,12-24)14(13-6-4-3-5-7-13)10-21-17-16-15(19)11-22-23(16)9-8-20-17/h3-9,11,14,24H,10,12H2,1-2H3,(H,20,21). The number of nitrogens with one attached hydrogen (secondary N) is 1. The molecule has 2 aromatic heterocycles. The summed E-state index contributed by atoms with van der Waals surface area (Å²) in [5.74, 6) is 0.920. The Morgan fingerprint density at radius 1 is 1.29 bits per heavy atom. The number of nitrogens with zero attached hydrogens (tertiary/aromatic N) is 3. The highest BCUT2D eigenvalue weighted by molar-refractivity contribution is 9.10. The molecule has 0 spiro atoms. The zero-order valence-corrected chi connectivity index (χ0v) is 15.4. The Balaban J connectivity index is 1.90. The van der Waals surface area contributed by atoms with Gasteiger partial charge in [0.1, 0.15) is 5.52 Å². The van der Waals surface area contributed by atoms with Gasteiger partial charge in [-0.25, -0.2) is 9.50 Å². The first kappa shape index (κ1) is 16.9. The Kier molecular flexibility index (Phi) is 4.87. The van der Waals surface area contributed by atoms with E-state index in [2.05, 4.69) is 57.3 Å². The molecule has 0 saturated carbocycles. The van der Waals surface area contributed by atoms with Crippen LogP contribution in [0.4, 0.5) is 5.82 Å². The van der Waals surface area contributed by atoms with Crippen molar-refractivity contribution in [2.24, 2.45) is 5.41 Å². The van der Waals surface area contributed by atoms with Gasteiger partial charge in [0.2, 0.25) is 0 Å². The summed E-state index contributed by atoms with van der Waals surface area (Å²) in [5, 5.41) is 17.6. The summed E-state index contributed by atoms with van der Waals surface area (Å²) in [4.78, 5) is 4.45. The van der Waals surface area contributed by atoms with Crippen LogP contribution in [0.15, 0.2) is 53.4 Å². The number of anilines is 1. The van der Waals surface area contributed by atoms with Crippen molar-refractivity contribution in [3.05, 3.63) is 59.0 Å². The molecule has 0 bridgehead atoms. The van der Waals surface area contributed by atoms with Gasteiger partial charge < -0.3 is 10.4 Å². The van der Waals surface area contributed by atoms with Crippen LogP contribution in [0.5, 0.6) is 0 Å². The molecule has 0 fully saturated rings. The number of fused-ring (bicyclic) bond motifs is 1. The number of hydrogen-bond acceptors (Lipinski definition) is 4. The largest absolute Gasteiger partial charge is 0.396 e. The zero-order valence-electron chi connectivity index (χ0n) is 13.8. The molecular weight excluding hydrogens is 368 g/mol. The highest BCUT2D eigenvalue weighted by Crippen LogP contribution is 2.35. The summed E-state index contributed by atoms with van der Waals surface area (Å²) in [7, 11) is 0. The maximum atomic E-state index is 9.84. The molecule has 0 aliphatic heterocycles. The highest BCUT2D eigenvalue weighted by Gasteiger charge is 2.30. The van der Waals surface area contributed by atoms with Crippen molar-refractivity contribution in [1.82, 2.24) is 14.6 Å². The molecule has 2 N–H and O–H groups in total. The number of aromatic nitrogens is 3. The quantitative estimate of drug-likeness (QED) is 0.675. The van der Waals surface area contributed by atoms with E-state index in [9.17, 15) is 5.11 Å². The second kappa shape index (κ2) is 6.91. The van der Waals surface area contributed by atoms with Crippen LogP contribution in [0, 0.1) is 5.41 Å². The molecular formula is C18H21BrN4O. The average molecular weight is 389 g/mol. The third-order valence-electron chi connectivity index (χ3n) is 4.41. The van der Waals surface area contributed by atoms with Gasteiger partial charge in [-0.15, -0.1) is 0 Å². The third kappa shape index (κ3) is 3.30. The van der Waals surface area contributed by atoms with E-state index in [1.807, 2.05) is 24.4 Å². The molecule has 0 radical (unpaired) electrons. The topological polar surface area (TPSA) is 62.5 Å². The van der Waals surface area contributed by atoms with Crippen LogP contribution in [-0.2, 0) is 0 Å². The van der Waals surface area contributed by atoms with Crippen molar-refractivity contribution in [3.63, 3.8) is 0 Å². The number of aliphatic hydroxyl groups excluding tert-OH is 1. The first-order valence-corrected chi connectivity index (χ1v) is 8.70. The van der Waals surface area contributed by atoms with Crippen molar-refractivity contribution in [2.45, 2.75) is 19.8 Å². The van der Waals surface area contributed by atoms with Crippen molar-refractivity contribution in [1.29, 1.82) is 0 Å². The van der Waals surface area contributed by atoms with Crippen molar-refractivity contribution < 1.29 is 5.11 Å². The highest BCUT2D eigenvalue weighted by atomic mass is 79.9. The molecule has 126 valence electrons. The van der Waals surface area contributed by atoms with E-state index < -0.39 is 0 Å². The monoisotopic (exact) mass is 388 g/mol. The summed E-state index contributed by atoms with van der Waals surface area (Å²) in [6.45, 7) is 4.94. The summed E-state index contributed by atoms with van der Waals surface area (Å²) in [5.41, 5.74) is 1.85. The van der Waals surface area contributed by atoms with Gasteiger partial charge in [0, 0.05) is 31.5 Å². The fourth-order valence-corrected chi connectivity index (χ4v) is 3.34. The van der Waals surface area contributed by atoms with E-state index in [4.69, 9.17) is 0 Å². The number of benzene rings is 1. The Labute approximate surface area is 149 Å². The van der Waals surface area contributed by atoms with E-state index in [0.717, 1.165) is 15.8 Å². The lowest BCUT2D eigenvalue weighted by molar-refractivity contribution is 0.134. The van der Waals surface area contributed by atoms with Crippen LogP contribution in [0.3, 0.4) is 0 Å². The first-order valence-electron chi connectivity index (χ1n) is 7.90. The second-order valence-electron chi connectivity index (χ2n) is 6.55. The number of halogens is 1. The molecule has 1 aromatic carbocycles. The zero-order chi connectivity index (χ0) is 17.2. The molecule has 0 saturated heterocycles. The third-order valence-corrected chi connectivity index (χ3v) is 4.99. The molecule has 3 aromatic rings. The molecule has 1 atom stereocenters. The Hall–Kier alpha value is -1.92. The van der Waals surface area contributed by atoms with E-state index in [0.29, 0.717) is 6.54 Å². The van der Waals surface area contributed by atoms with Crippen LogP contribution < -0.4 is 5.32 Å². The fraction of sp³-hybridized carbons (Fsp3) is 0.333. The number of hydrogen-bond donors (Lipinski definition) is 2. The molecule has 3 rings (SSSR count). The Bertz CT molecular complexity index is 816. The van der Waals surface area contributed by atoms with Crippen LogP contribution >= 0.6 is 15.9 Å². The molecule has 0 aliphatic rings. The fourth-order valence-electron chi connectivity index (χ4n) is 2.88. The summed E-state index contributed by atoms with van der Waals surface area (Å²) in [6.07, 6.45) is 5.30. The lowest BCUT2D eigenvalue weighted by atomic mass is 9.75. The van der Waals surface area contributed by atoms with Crippen LogP contribution in [0.2, 0.25) is 0 Å². The van der Waals surface area contributed by atoms with Crippen LogP contribution in [-0.4, -0.2) is 32.9 Å². The maximum absolute atomic E-state index is 9.84. The summed E-state index contributed by atoms with van der Waals surface area (Å²) in [6, 6.07) is 10.3. The smallest absolute Gasteiger partial charge is 0.153 e. The minimum Gasteiger partial charge on any atom is -0.396 e. The van der Waals surface area contributed by atoms with Gasteiger partial charge in [0.05, 0.1) is 10.7 Å². The van der Waals surface area contributed by atoms with Gasteiger partial charge >= 0.3 is 0 Å². The lowest BCUT2D eigenvalue weighted by Crippen LogP contribution is -2.31. The van der Waals surface area contributed by atoms with Crippen molar-refractivity contribution >= 4 is 27.3 Å². The van der Waals surface area contributed by atoms with E-state index in [1.54, 1.807) is 16.9 Å². The van der Waals surface area contributed by atoms with Gasteiger partial charge in [-0.05, 0) is 26.9 Å². The predicted molar refractivity (Wildman–Crippen MR) is 99.2 cm³/mol. The normalized spacial score (nSPS) is 13.2. The lowest BCUT2D eigenvalue weighted by Gasteiger charge is -2.33. The molecule has 0 aliphatic carbocycles. The SMILES string of the molecule is CC(C)(CO)C(CNc1nccn2ncc(Br)c12)c1ccccc1. The van der Waals surface area contributed by atoms with Crippen LogP contribution in [0.25, 0.3) is 5.52 Å². The average Bonchev–Trinajstić information content (AvgIpc) is 2.98. The van der Waals surface area contributed by atoms with E-state index in [1.165, 1.54) is 5.56 Å². The maximum Gasteiger partial charge on any atom is 0.153 e. The van der Waals surface area contributed by atoms with E-state index in [-0.39, 0.29) is 17.9 Å².